The Labute approximate surface area is 175 Å². The summed E-state index contributed by atoms with van der Waals surface area (Å²) in [5.41, 5.74) is 11.2. The summed E-state index contributed by atoms with van der Waals surface area (Å²) in [5.74, 6) is 0.312. The number of hydrogen-bond acceptors (Lipinski definition) is 10. The van der Waals surface area contributed by atoms with Gasteiger partial charge in [0.2, 0.25) is 5.95 Å². The highest BCUT2D eigenvalue weighted by Gasteiger charge is 2.45. The lowest BCUT2D eigenvalue weighted by Gasteiger charge is -2.18. The lowest BCUT2D eigenvalue weighted by molar-refractivity contribution is -0.0501. The smallest absolute Gasteiger partial charge is 0.228 e. The first kappa shape index (κ1) is 19.4. The number of para-hydroxylation sites is 1. The van der Waals surface area contributed by atoms with Gasteiger partial charge >= 0.3 is 0 Å². The van der Waals surface area contributed by atoms with Gasteiger partial charge < -0.3 is 30.8 Å². The SMILES string of the molecule is Nc1ncnc2c1nc(NN=Cc1c[nH]c3ccccc13)n2[C@@H]1O[C@H](CO)[C@@H](O)[C@H]1O. The second kappa shape index (κ2) is 7.59. The molecule has 160 valence electrons. The Morgan fingerprint density at radius 2 is 2.10 bits per heavy atom. The Balaban J connectivity index is 1.52. The molecular formula is C19H20N8O4. The monoisotopic (exact) mass is 424 g/mol. The number of ether oxygens (including phenoxy) is 1. The Hall–Kier alpha value is -3.58. The van der Waals surface area contributed by atoms with Crippen LogP contribution in [0.3, 0.4) is 0 Å². The van der Waals surface area contributed by atoms with Crippen LogP contribution in [0.2, 0.25) is 0 Å². The predicted molar refractivity (Wildman–Crippen MR) is 112 cm³/mol. The van der Waals surface area contributed by atoms with Crippen molar-refractivity contribution >= 4 is 40.0 Å². The van der Waals surface area contributed by atoms with E-state index < -0.39 is 31.1 Å². The number of nitrogen functional groups attached to an aromatic ring is 1. The van der Waals surface area contributed by atoms with Gasteiger partial charge in [0.05, 0.1) is 12.8 Å². The highest BCUT2D eigenvalue weighted by molar-refractivity contribution is 5.99. The molecular weight excluding hydrogens is 404 g/mol. The van der Waals surface area contributed by atoms with E-state index in [9.17, 15) is 15.3 Å². The zero-order valence-corrected chi connectivity index (χ0v) is 16.1. The molecule has 1 aliphatic heterocycles. The molecule has 5 rings (SSSR count). The number of rotatable bonds is 5. The Kier molecular flexibility index (Phi) is 4.75. The number of hydrazone groups is 1. The van der Waals surface area contributed by atoms with Gasteiger partial charge in [0.15, 0.2) is 23.2 Å². The van der Waals surface area contributed by atoms with Gasteiger partial charge in [-0.05, 0) is 6.07 Å². The highest BCUT2D eigenvalue weighted by atomic mass is 16.6. The second-order valence-corrected chi connectivity index (χ2v) is 7.12. The molecule has 4 atom stereocenters. The number of nitrogens with zero attached hydrogens (tertiary/aromatic N) is 5. The number of benzene rings is 1. The van der Waals surface area contributed by atoms with E-state index in [2.05, 4.69) is 30.5 Å². The maximum atomic E-state index is 10.5. The quantitative estimate of drug-likeness (QED) is 0.189. The number of aliphatic hydroxyl groups is 3. The fourth-order valence-corrected chi connectivity index (χ4v) is 3.70. The lowest BCUT2D eigenvalue weighted by Crippen LogP contribution is -2.33. The van der Waals surface area contributed by atoms with Crippen LogP contribution in [0.4, 0.5) is 11.8 Å². The van der Waals surface area contributed by atoms with Crippen molar-refractivity contribution in [2.24, 2.45) is 5.10 Å². The first-order valence-electron chi connectivity index (χ1n) is 9.54. The van der Waals surface area contributed by atoms with Crippen LogP contribution in [0.15, 0.2) is 41.9 Å². The topological polar surface area (TPSA) is 180 Å². The van der Waals surface area contributed by atoms with Crippen LogP contribution in [-0.2, 0) is 4.74 Å². The number of nitrogens with one attached hydrogen (secondary N) is 2. The van der Waals surface area contributed by atoms with Crippen molar-refractivity contribution in [3.63, 3.8) is 0 Å². The number of aromatic amines is 1. The first-order valence-corrected chi connectivity index (χ1v) is 9.54. The number of fused-ring (bicyclic) bond motifs is 2. The molecule has 0 spiro atoms. The van der Waals surface area contributed by atoms with Crippen molar-refractivity contribution in [1.29, 1.82) is 0 Å². The van der Waals surface area contributed by atoms with Crippen molar-refractivity contribution in [3.8, 4) is 0 Å². The predicted octanol–water partition coefficient (Wildman–Crippen LogP) is -0.0527. The van der Waals surface area contributed by atoms with E-state index in [0.29, 0.717) is 0 Å². The van der Waals surface area contributed by atoms with E-state index >= 15 is 0 Å². The van der Waals surface area contributed by atoms with Crippen LogP contribution in [0.25, 0.3) is 22.1 Å². The summed E-state index contributed by atoms with van der Waals surface area (Å²) >= 11 is 0. The van der Waals surface area contributed by atoms with Gasteiger partial charge in [0, 0.05) is 22.7 Å². The van der Waals surface area contributed by atoms with E-state index in [1.54, 1.807) is 6.21 Å². The molecule has 7 N–H and O–H groups in total. The minimum atomic E-state index is -1.33. The number of aromatic nitrogens is 5. The van der Waals surface area contributed by atoms with Crippen molar-refractivity contribution < 1.29 is 20.1 Å². The summed E-state index contributed by atoms with van der Waals surface area (Å²) in [7, 11) is 0. The van der Waals surface area contributed by atoms with Crippen LogP contribution in [0, 0.1) is 0 Å². The lowest BCUT2D eigenvalue weighted by atomic mass is 10.1. The maximum Gasteiger partial charge on any atom is 0.228 e. The van der Waals surface area contributed by atoms with Gasteiger partial charge in [0.1, 0.15) is 24.6 Å². The average molecular weight is 424 g/mol. The summed E-state index contributed by atoms with van der Waals surface area (Å²) < 4.78 is 7.09. The maximum absolute atomic E-state index is 10.5. The molecule has 4 aromatic rings. The fourth-order valence-electron chi connectivity index (χ4n) is 3.70. The molecule has 4 heterocycles. The van der Waals surface area contributed by atoms with Crippen LogP contribution >= 0.6 is 0 Å². The van der Waals surface area contributed by atoms with Crippen LogP contribution < -0.4 is 11.2 Å². The van der Waals surface area contributed by atoms with Crippen molar-refractivity contribution in [3.05, 3.63) is 42.4 Å². The van der Waals surface area contributed by atoms with Gasteiger partial charge in [-0.15, -0.1) is 0 Å². The summed E-state index contributed by atoms with van der Waals surface area (Å²) in [6, 6.07) is 7.80. The summed E-state index contributed by atoms with van der Waals surface area (Å²) in [6.45, 7) is -0.458. The van der Waals surface area contributed by atoms with Gasteiger partial charge in [-0.2, -0.15) is 5.10 Å². The third kappa shape index (κ3) is 3.18. The molecule has 0 radical (unpaired) electrons. The summed E-state index contributed by atoms with van der Waals surface area (Å²) in [6.07, 6.45) is 0.0637. The normalized spacial score (nSPS) is 24.0. The Morgan fingerprint density at radius 1 is 1.26 bits per heavy atom. The third-order valence-electron chi connectivity index (χ3n) is 5.27. The van der Waals surface area contributed by atoms with Crippen molar-refractivity contribution in [2.75, 3.05) is 17.8 Å². The van der Waals surface area contributed by atoms with E-state index in [0.717, 1.165) is 16.5 Å². The number of hydrogen-bond donors (Lipinski definition) is 6. The fraction of sp³-hybridized carbons (Fsp3) is 0.263. The molecule has 1 aliphatic rings. The number of imidazole rings is 1. The Morgan fingerprint density at radius 3 is 2.90 bits per heavy atom. The first-order chi connectivity index (χ1) is 15.1. The standard InChI is InChI=1S/C19H20N8O4/c20-16-13-17(23-8-22-16)27(18-15(30)14(29)12(7-28)31-18)19(25-13)26-24-6-9-5-21-11-4-2-1-3-10(9)11/h1-6,8,12,14-15,18,21,28-30H,7H2,(H,25,26)(H2,20,22,23)/t12-,14-,15-,18-/m1/s1. The minimum absolute atomic E-state index is 0.138. The second-order valence-electron chi connectivity index (χ2n) is 7.12. The van der Waals surface area contributed by atoms with Crippen LogP contribution in [0.1, 0.15) is 11.8 Å². The number of nitrogens with two attached hydrogens (primary N) is 1. The zero-order valence-electron chi connectivity index (χ0n) is 16.1. The summed E-state index contributed by atoms with van der Waals surface area (Å²) in [4.78, 5) is 15.7. The number of anilines is 2. The van der Waals surface area contributed by atoms with Gasteiger partial charge in [-0.3, -0.25) is 4.57 Å². The van der Waals surface area contributed by atoms with Crippen LogP contribution in [0.5, 0.6) is 0 Å². The van der Waals surface area contributed by atoms with Gasteiger partial charge in [0.25, 0.3) is 0 Å². The van der Waals surface area contributed by atoms with Gasteiger partial charge in [-0.25, -0.2) is 20.4 Å². The van der Waals surface area contributed by atoms with Crippen LogP contribution in [-0.4, -0.2) is 71.0 Å². The molecule has 0 saturated carbocycles. The molecule has 1 fully saturated rings. The molecule has 12 nitrogen and oxygen atoms in total. The zero-order chi connectivity index (χ0) is 21.5. The highest BCUT2D eigenvalue weighted by Crippen LogP contribution is 2.35. The molecule has 12 heteroatoms. The van der Waals surface area contributed by atoms with E-state index in [4.69, 9.17) is 10.5 Å². The summed E-state index contributed by atoms with van der Waals surface area (Å²) in [5, 5.41) is 35.3. The third-order valence-corrected chi connectivity index (χ3v) is 5.27. The van der Waals surface area contributed by atoms with Crippen molar-refractivity contribution in [2.45, 2.75) is 24.5 Å². The number of aliphatic hydroxyl groups excluding tert-OH is 3. The number of H-pyrrole nitrogens is 1. The van der Waals surface area contributed by atoms with E-state index in [-0.39, 0.29) is 22.9 Å². The molecule has 0 bridgehead atoms. The van der Waals surface area contributed by atoms with Crippen molar-refractivity contribution in [1.82, 2.24) is 24.5 Å². The molecule has 0 unspecified atom stereocenters. The van der Waals surface area contributed by atoms with Gasteiger partial charge in [-0.1, -0.05) is 18.2 Å². The average Bonchev–Trinajstić information content (AvgIpc) is 3.44. The molecule has 1 saturated heterocycles. The molecule has 0 aliphatic carbocycles. The Bertz CT molecular complexity index is 1270. The molecule has 0 amide bonds. The minimum Gasteiger partial charge on any atom is -0.394 e. The van der Waals surface area contributed by atoms with E-state index in [1.807, 2.05) is 30.5 Å². The van der Waals surface area contributed by atoms with E-state index in [1.165, 1.54) is 10.9 Å². The molecule has 31 heavy (non-hydrogen) atoms. The largest absolute Gasteiger partial charge is 0.394 e. The molecule has 1 aromatic carbocycles. The molecule has 3 aromatic heterocycles.